The van der Waals surface area contributed by atoms with E-state index in [0.29, 0.717) is 12.3 Å². The number of nitrogens with zero attached hydrogens (tertiary/aromatic N) is 1. The molecule has 112 valence electrons. The first-order valence-corrected chi connectivity index (χ1v) is 7.50. The fourth-order valence-corrected chi connectivity index (χ4v) is 2.73. The maximum absolute atomic E-state index is 12.1. The summed E-state index contributed by atoms with van der Waals surface area (Å²) in [5.74, 6) is 0.205. The summed E-state index contributed by atoms with van der Waals surface area (Å²) < 4.78 is 36.4. The van der Waals surface area contributed by atoms with Crippen LogP contribution in [-0.2, 0) is 4.79 Å². The molecule has 0 aromatic rings. The predicted octanol–water partition coefficient (Wildman–Crippen LogP) is 2.82. The van der Waals surface area contributed by atoms with Gasteiger partial charge >= 0.3 is 5.51 Å². The normalized spacial score (nSPS) is 24.6. The monoisotopic (exact) mass is 298 g/mol. The van der Waals surface area contributed by atoms with E-state index in [0.717, 1.165) is 6.42 Å². The van der Waals surface area contributed by atoms with Gasteiger partial charge < -0.3 is 4.90 Å². The van der Waals surface area contributed by atoms with Gasteiger partial charge in [0, 0.05) is 12.3 Å². The molecule has 1 heterocycles. The minimum Gasteiger partial charge on any atom is -0.325 e. The van der Waals surface area contributed by atoms with Crippen LogP contribution in [0.1, 0.15) is 33.6 Å². The molecule has 0 saturated carbocycles. The summed E-state index contributed by atoms with van der Waals surface area (Å²) in [6.45, 7) is 6.11. The molecule has 1 fully saturated rings. The molecule has 2 unspecified atom stereocenters. The molecule has 0 aromatic carbocycles. The summed E-state index contributed by atoms with van der Waals surface area (Å²) in [4.78, 5) is 13.6. The van der Waals surface area contributed by atoms with E-state index < -0.39 is 5.51 Å². The number of amides is 1. The van der Waals surface area contributed by atoms with E-state index in [-0.39, 0.29) is 42.2 Å². The first-order chi connectivity index (χ1) is 8.74. The van der Waals surface area contributed by atoms with Gasteiger partial charge in [-0.05, 0) is 30.5 Å². The van der Waals surface area contributed by atoms with Crippen LogP contribution in [0, 0.1) is 5.92 Å². The van der Waals surface area contributed by atoms with Gasteiger partial charge in [0.1, 0.15) is 0 Å². The van der Waals surface area contributed by atoms with Crippen LogP contribution in [0.5, 0.6) is 0 Å². The maximum atomic E-state index is 12.1. The molecule has 1 saturated heterocycles. The third kappa shape index (κ3) is 5.22. The molecule has 0 spiro atoms. The van der Waals surface area contributed by atoms with E-state index in [1.54, 1.807) is 4.90 Å². The zero-order chi connectivity index (χ0) is 14.6. The van der Waals surface area contributed by atoms with Crippen LogP contribution in [0.2, 0.25) is 0 Å². The highest BCUT2D eigenvalue weighted by molar-refractivity contribution is 8.00. The Morgan fingerprint density at radius 1 is 1.42 bits per heavy atom. The Hall–Kier alpha value is -0.430. The zero-order valence-corrected chi connectivity index (χ0v) is 12.3. The van der Waals surface area contributed by atoms with E-state index in [4.69, 9.17) is 0 Å². The van der Waals surface area contributed by atoms with E-state index in [1.807, 2.05) is 20.8 Å². The van der Waals surface area contributed by atoms with Gasteiger partial charge in [0.25, 0.3) is 0 Å². The lowest BCUT2D eigenvalue weighted by Gasteiger charge is -2.25. The zero-order valence-electron chi connectivity index (χ0n) is 11.5. The number of nitrogens with one attached hydrogen (secondary N) is 1. The first-order valence-electron chi connectivity index (χ1n) is 6.51. The quantitative estimate of drug-likeness (QED) is 0.818. The van der Waals surface area contributed by atoms with Crippen LogP contribution >= 0.6 is 11.8 Å². The van der Waals surface area contributed by atoms with Gasteiger partial charge in [-0.25, -0.2) is 0 Å². The fourth-order valence-electron chi connectivity index (χ4n) is 2.21. The molecule has 0 aromatic heterocycles. The van der Waals surface area contributed by atoms with Gasteiger partial charge in [-0.2, -0.15) is 13.2 Å². The molecule has 0 aliphatic carbocycles. The predicted molar refractivity (Wildman–Crippen MR) is 70.7 cm³/mol. The van der Waals surface area contributed by atoms with Gasteiger partial charge in [0.15, 0.2) is 0 Å². The van der Waals surface area contributed by atoms with Crippen molar-refractivity contribution in [1.29, 1.82) is 0 Å². The lowest BCUT2D eigenvalue weighted by molar-refractivity contribution is -0.130. The topological polar surface area (TPSA) is 32.3 Å². The van der Waals surface area contributed by atoms with Crippen LogP contribution in [0.4, 0.5) is 13.2 Å². The summed E-state index contributed by atoms with van der Waals surface area (Å²) >= 11 is -0.0695. The number of carbonyl (C=O) groups is 1. The van der Waals surface area contributed by atoms with Crippen molar-refractivity contribution in [3.63, 3.8) is 0 Å². The average molecular weight is 298 g/mol. The van der Waals surface area contributed by atoms with Crippen molar-refractivity contribution in [3.8, 4) is 0 Å². The SMILES string of the molecule is CCC1NC(CC(C)C)N(CCSC(F)(F)F)C1=O. The second-order valence-corrected chi connectivity index (χ2v) is 6.26. The van der Waals surface area contributed by atoms with E-state index in [9.17, 15) is 18.0 Å². The van der Waals surface area contributed by atoms with Crippen LogP contribution in [-0.4, -0.2) is 40.8 Å². The highest BCUT2D eigenvalue weighted by Gasteiger charge is 2.38. The number of alkyl halides is 3. The van der Waals surface area contributed by atoms with Gasteiger partial charge in [-0.1, -0.05) is 20.8 Å². The molecular formula is C12H21F3N2OS. The Bertz CT molecular complexity index is 310. The lowest BCUT2D eigenvalue weighted by atomic mass is 10.1. The van der Waals surface area contributed by atoms with Gasteiger partial charge in [-0.3, -0.25) is 10.1 Å². The standard InChI is InChI=1S/C12H21F3N2OS/c1-4-9-11(18)17(5-6-19-12(13,14)15)10(16-9)7-8(2)3/h8-10,16H,4-7H2,1-3H3. The van der Waals surface area contributed by atoms with Crippen LogP contribution in [0.3, 0.4) is 0 Å². The maximum Gasteiger partial charge on any atom is 0.441 e. The Balaban J connectivity index is 2.57. The van der Waals surface area contributed by atoms with E-state index in [2.05, 4.69) is 5.32 Å². The smallest absolute Gasteiger partial charge is 0.325 e. The Morgan fingerprint density at radius 3 is 2.53 bits per heavy atom. The number of hydrogen-bond donors (Lipinski definition) is 1. The van der Waals surface area contributed by atoms with Gasteiger partial charge in [0.2, 0.25) is 5.91 Å². The van der Waals surface area contributed by atoms with Crippen molar-refractivity contribution in [1.82, 2.24) is 10.2 Å². The average Bonchev–Trinajstić information content (AvgIpc) is 2.54. The molecule has 1 amide bonds. The molecule has 2 atom stereocenters. The van der Waals surface area contributed by atoms with Crippen molar-refractivity contribution >= 4 is 17.7 Å². The molecule has 0 bridgehead atoms. The van der Waals surface area contributed by atoms with E-state index >= 15 is 0 Å². The molecule has 1 N–H and O–H groups in total. The third-order valence-electron chi connectivity index (χ3n) is 3.05. The lowest BCUT2D eigenvalue weighted by Crippen LogP contribution is -2.40. The second-order valence-electron chi connectivity index (χ2n) is 5.10. The van der Waals surface area contributed by atoms with Crippen molar-refractivity contribution < 1.29 is 18.0 Å². The molecule has 1 aliphatic rings. The van der Waals surface area contributed by atoms with Crippen molar-refractivity contribution in [2.45, 2.75) is 51.3 Å². The Labute approximate surface area is 116 Å². The summed E-state index contributed by atoms with van der Waals surface area (Å²) in [5, 5.41) is 3.21. The van der Waals surface area contributed by atoms with E-state index in [1.165, 1.54) is 0 Å². The summed E-state index contributed by atoms with van der Waals surface area (Å²) in [6, 6.07) is -0.250. The molecule has 1 aliphatic heterocycles. The van der Waals surface area contributed by atoms with Crippen molar-refractivity contribution in [2.75, 3.05) is 12.3 Å². The minimum absolute atomic E-state index is 0.0695. The number of halogens is 3. The Kier molecular flexibility index (Phi) is 5.98. The third-order valence-corrected chi connectivity index (χ3v) is 3.77. The number of rotatable bonds is 6. The van der Waals surface area contributed by atoms with Crippen molar-refractivity contribution in [2.24, 2.45) is 5.92 Å². The highest BCUT2D eigenvalue weighted by Crippen LogP contribution is 2.30. The minimum atomic E-state index is -4.23. The van der Waals surface area contributed by atoms with Crippen LogP contribution < -0.4 is 5.32 Å². The first kappa shape index (κ1) is 16.6. The molecule has 1 rings (SSSR count). The summed E-state index contributed by atoms with van der Waals surface area (Å²) in [6.07, 6.45) is 1.29. The second kappa shape index (κ2) is 6.83. The molecule has 7 heteroatoms. The van der Waals surface area contributed by atoms with Crippen LogP contribution in [0.15, 0.2) is 0 Å². The number of carbonyl (C=O) groups excluding carboxylic acids is 1. The molecule has 0 radical (unpaired) electrons. The fraction of sp³-hybridized carbons (Fsp3) is 0.917. The summed E-state index contributed by atoms with van der Waals surface area (Å²) in [5.41, 5.74) is -4.23. The largest absolute Gasteiger partial charge is 0.441 e. The van der Waals surface area contributed by atoms with Gasteiger partial charge in [-0.15, -0.1) is 0 Å². The van der Waals surface area contributed by atoms with Crippen molar-refractivity contribution in [3.05, 3.63) is 0 Å². The number of thioether (sulfide) groups is 1. The summed E-state index contributed by atoms with van der Waals surface area (Å²) in [7, 11) is 0. The van der Waals surface area contributed by atoms with Crippen LogP contribution in [0.25, 0.3) is 0 Å². The highest BCUT2D eigenvalue weighted by atomic mass is 32.2. The molecule has 19 heavy (non-hydrogen) atoms. The molecular weight excluding hydrogens is 277 g/mol. The molecule has 3 nitrogen and oxygen atoms in total. The Morgan fingerprint density at radius 2 is 2.05 bits per heavy atom. The number of hydrogen-bond acceptors (Lipinski definition) is 3. The van der Waals surface area contributed by atoms with Gasteiger partial charge in [0.05, 0.1) is 12.2 Å².